The predicted octanol–water partition coefficient (Wildman–Crippen LogP) is 4.62. The molecule has 6 heteroatoms. The van der Waals surface area contributed by atoms with Crippen LogP contribution in [0.3, 0.4) is 0 Å². The van der Waals surface area contributed by atoms with Gasteiger partial charge in [0, 0.05) is 33.4 Å². The lowest BCUT2D eigenvalue weighted by Crippen LogP contribution is -2.03. The Balaban J connectivity index is 2.20. The number of nitro benzene ring substituents is 1. The summed E-state index contributed by atoms with van der Waals surface area (Å²) in [6.45, 7) is 0.357. The van der Waals surface area contributed by atoms with E-state index in [0.717, 1.165) is 10.2 Å². The van der Waals surface area contributed by atoms with Crippen molar-refractivity contribution < 1.29 is 4.92 Å². The maximum absolute atomic E-state index is 11.0. The smallest absolute Gasteiger partial charge is 0.275 e. The first-order valence-electron chi connectivity index (χ1n) is 5.49. The van der Waals surface area contributed by atoms with Crippen LogP contribution in [-0.4, -0.2) is 4.92 Å². The maximum atomic E-state index is 11.0. The summed E-state index contributed by atoms with van der Waals surface area (Å²) in [5, 5.41) is 14.5. The van der Waals surface area contributed by atoms with E-state index < -0.39 is 4.92 Å². The number of nitrogens with one attached hydrogen (secondary N) is 1. The van der Waals surface area contributed by atoms with Gasteiger partial charge in [-0.1, -0.05) is 23.7 Å². The van der Waals surface area contributed by atoms with Crippen LogP contribution in [0.5, 0.6) is 0 Å². The molecule has 2 rings (SSSR count). The summed E-state index contributed by atoms with van der Waals surface area (Å²) in [7, 11) is 0. The minimum atomic E-state index is -0.428. The lowest BCUT2D eigenvalue weighted by Gasteiger charge is -2.09. The number of para-hydroxylation sites is 1. The quantitative estimate of drug-likeness (QED) is 0.652. The van der Waals surface area contributed by atoms with E-state index in [4.69, 9.17) is 11.6 Å². The van der Waals surface area contributed by atoms with Crippen LogP contribution in [0.4, 0.5) is 11.4 Å². The lowest BCUT2D eigenvalue weighted by molar-refractivity contribution is -0.385. The van der Waals surface area contributed by atoms with Gasteiger partial charge in [-0.15, -0.1) is 0 Å². The minimum Gasteiger partial charge on any atom is -0.380 e. The highest BCUT2D eigenvalue weighted by atomic mass is 79.9. The molecule has 0 aromatic heterocycles. The first-order valence-corrected chi connectivity index (χ1v) is 6.66. The standard InChI is InChI=1S/C13H10BrClN2O2/c14-11-3-1-2-4-12(11)16-8-9-5-6-10(15)7-13(9)17(18)19/h1-7,16H,8H2. The third-order valence-electron chi connectivity index (χ3n) is 2.59. The van der Waals surface area contributed by atoms with Gasteiger partial charge in [-0.05, 0) is 40.2 Å². The molecule has 0 aliphatic rings. The third kappa shape index (κ3) is 3.45. The van der Waals surface area contributed by atoms with Crippen molar-refractivity contribution in [3.8, 4) is 0 Å². The van der Waals surface area contributed by atoms with E-state index in [1.807, 2.05) is 24.3 Å². The average Bonchev–Trinajstić information content (AvgIpc) is 2.38. The summed E-state index contributed by atoms with van der Waals surface area (Å²) in [6, 6.07) is 12.3. The zero-order valence-corrected chi connectivity index (χ0v) is 12.1. The van der Waals surface area contributed by atoms with Crippen LogP contribution in [0.15, 0.2) is 46.9 Å². The molecule has 0 saturated carbocycles. The Morgan fingerprint density at radius 2 is 2.00 bits per heavy atom. The van der Waals surface area contributed by atoms with Crippen molar-refractivity contribution in [3.05, 3.63) is 67.6 Å². The van der Waals surface area contributed by atoms with Crippen molar-refractivity contribution in [2.24, 2.45) is 0 Å². The van der Waals surface area contributed by atoms with Gasteiger partial charge in [-0.3, -0.25) is 10.1 Å². The van der Waals surface area contributed by atoms with Crippen LogP contribution in [0.2, 0.25) is 5.02 Å². The Bertz CT molecular complexity index is 619. The molecule has 4 nitrogen and oxygen atoms in total. The maximum Gasteiger partial charge on any atom is 0.275 e. The molecule has 98 valence electrons. The Kier molecular flexibility index (Phi) is 4.39. The fourth-order valence-electron chi connectivity index (χ4n) is 1.65. The summed E-state index contributed by atoms with van der Waals surface area (Å²) in [6.07, 6.45) is 0. The van der Waals surface area contributed by atoms with Crippen LogP contribution < -0.4 is 5.32 Å². The largest absolute Gasteiger partial charge is 0.380 e. The SMILES string of the molecule is O=[N+]([O-])c1cc(Cl)ccc1CNc1ccccc1Br. The van der Waals surface area contributed by atoms with Crippen molar-refractivity contribution in [2.45, 2.75) is 6.54 Å². The Morgan fingerprint density at radius 1 is 1.26 bits per heavy atom. The van der Waals surface area contributed by atoms with Gasteiger partial charge in [0.05, 0.1) is 4.92 Å². The first kappa shape index (κ1) is 13.8. The van der Waals surface area contributed by atoms with Crippen LogP contribution in [0, 0.1) is 10.1 Å². The van der Waals surface area contributed by atoms with Gasteiger partial charge in [0.2, 0.25) is 0 Å². The summed E-state index contributed by atoms with van der Waals surface area (Å²) >= 11 is 9.18. The molecule has 2 aromatic rings. The van der Waals surface area contributed by atoms with E-state index in [1.165, 1.54) is 6.07 Å². The molecule has 2 aromatic carbocycles. The Labute approximate surface area is 123 Å². The summed E-state index contributed by atoms with van der Waals surface area (Å²) in [5.41, 5.74) is 1.49. The molecule has 1 N–H and O–H groups in total. The Morgan fingerprint density at radius 3 is 2.68 bits per heavy atom. The number of anilines is 1. The molecule has 0 aliphatic carbocycles. The molecule has 19 heavy (non-hydrogen) atoms. The van der Waals surface area contributed by atoms with Crippen LogP contribution >= 0.6 is 27.5 Å². The van der Waals surface area contributed by atoms with Crippen molar-refractivity contribution in [1.82, 2.24) is 0 Å². The zero-order valence-electron chi connectivity index (χ0n) is 9.77. The van der Waals surface area contributed by atoms with Gasteiger partial charge in [0.1, 0.15) is 0 Å². The van der Waals surface area contributed by atoms with Gasteiger partial charge in [-0.2, -0.15) is 0 Å². The van der Waals surface area contributed by atoms with E-state index in [9.17, 15) is 10.1 Å². The normalized spacial score (nSPS) is 10.2. The number of hydrogen-bond acceptors (Lipinski definition) is 3. The Hall–Kier alpha value is -1.59. The molecular formula is C13H10BrClN2O2. The average molecular weight is 342 g/mol. The van der Waals surface area contributed by atoms with E-state index in [0.29, 0.717) is 17.1 Å². The van der Waals surface area contributed by atoms with Gasteiger partial charge in [0.15, 0.2) is 0 Å². The third-order valence-corrected chi connectivity index (χ3v) is 3.51. The van der Waals surface area contributed by atoms with Crippen LogP contribution in [0.1, 0.15) is 5.56 Å². The van der Waals surface area contributed by atoms with Gasteiger partial charge in [-0.25, -0.2) is 0 Å². The van der Waals surface area contributed by atoms with Crippen molar-refractivity contribution >= 4 is 38.9 Å². The summed E-state index contributed by atoms with van der Waals surface area (Å²) < 4.78 is 0.909. The lowest BCUT2D eigenvalue weighted by atomic mass is 10.1. The molecule has 0 spiro atoms. The highest BCUT2D eigenvalue weighted by Crippen LogP contribution is 2.26. The molecule has 0 atom stereocenters. The first-order chi connectivity index (χ1) is 9.08. The molecular weight excluding hydrogens is 332 g/mol. The van der Waals surface area contributed by atoms with E-state index in [-0.39, 0.29) is 5.69 Å². The van der Waals surface area contributed by atoms with Crippen molar-refractivity contribution in [3.63, 3.8) is 0 Å². The van der Waals surface area contributed by atoms with E-state index in [2.05, 4.69) is 21.2 Å². The van der Waals surface area contributed by atoms with Crippen LogP contribution in [0.25, 0.3) is 0 Å². The van der Waals surface area contributed by atoms with Crippen molar-refractivity contribution in [2.75, 3.05) is 5.32 Å². The minimum absolute atomic E-state index is 0.0204. The number of halogens is 2. The van der Waals surface area contributed by atoms with E-state index >= 15 is 0 Å². The number of nitro groups is 1. The van der Waals surface area contributed by atoms with Gasteiger partial charge in [0.25, 0.3) is 5.69 Å². The number of rotatable bonds is 4. The predicted molar refractivity (Wildman–Crippen MR) is 79.6 cm³/mol. The highest BCUT2D eigenvalue weighted by Gasteiger charge is 2.14. The molecule has 0 amide bonds. The second-order valence-electron chi connectivity index (χ2n) is 3.86. The molecule has 0 saturated heterocycles. The van der Waals surface area contributed by atoms with Gasteiger partial charge < -0.3 is 5.32 Å². The fraction of sp³-hybridized carbons (Fsp3) is 0.0769. The molecule has 0 fully saturated rings. The number of nitrogens with zero attached hydrogens (tertiary/aromatic N) is 1. The van der Waals surface area contributed by atoms with E-state index in [1.54, 1.807) is 12.1 Å². The summed E-state index contributed by atoms with van der Waals surface area (Å²) in [5.74, 6) is 0. The molecule has 0 unspecified atom stereocenters. The second-order valence-corrected chi connectivity index (χ2v) is 5.15. The van der Waals surface area contributed by atoms with Crippen LogP contribution in [-0.2, 0) is 6.54 Å². The molecule has 0 radical (unpaired) electrons. The van der Waals surface area contributed by atoms with Gasteiger partial charge >= 0.3 is 0 Å². The topological polar surface area (TPSA) is 55.2 Å². The second kappa shape index (κ2) is 6.04. The molecule has 0 bridgehead atoms. The molecule has 0 aliphatic heterocycles. The fourth-order valence-corrected chi connectivity index (χ4v) is 2.24. The highest BCUT2D eigenvalue weighted by molar-refractivity contribution is 9.10. The number of benzene rings is 2. The summed E-state index contributed by atoms with van der Waals surface area (Å²) in [4.78, 5) is 10.5. The zero-order chi connectivity index (χ0) is 13.8. The van der Waals surface area contributed by atoms with Crippen molar-refractivity contribution in [1.29, 1.82) is 0 Å². The number of hydrogen-bond donors (Lipinski definition) is 1. The monoisotopic (exact) mass is 340 g/mol. The molecule has 0 heterocycles.